The summed E-state index contributed by atoms with van der Waals surface area (Å²) >= 11 is 0. The molecule has 0 saturated heterocycles. The number of ether oxygens (including phenoxy) is 4. The van der Waals surface area contributed by atoms with Gasteiger partial charge in [-0.25, -0.2) is 4.68 Å². The summed E-state index contributed by atoms with van der Waals surface area (Å²) in [5.41, 5.74) is 3.43. The Morgan fingerprint density at radius 1 is 0.951 bits per heavy atom. The van der Waals surface area contributed by atoms with Gasteiger partial charge in [0.15, 0.2) is 17.3 Å². The molecule has 0 radical (unpaired) electrons. The second-order valence-electron chi connectivity index (χ2n) is 9.07. The van der Waals surface area contributed by atoms with Crippen molar-refractivity contribution in [1.82, 2.24) is 14.8 Å². The summed E-state index contributed by atoms with van der Waals surface area (Å²) < 4.78 is 23.6. The zero-order valence-electron chi connectivity index (χ0n) is 23.2. The molecule has 5 rings (SSSR count). The minimum absolute atomic E-state index is 0.343. The molecule has 2 N–H and O–H groups in total. The monoisotopic (exact) mass is 552 g/mol. The number of hydrogen-bond acceptors (Lipinski definition) is 9. The van der Waals surface area contributed by atoms with Crippen molar-refractivity contribution in [2.45, 2.75) is 13.0 Å². The third kappa shape index (κ3) is 4.98. The maximum Gasteiger partial charge on any atom is 0.255 e. The molecule has 1 atom stereocenters. The van der Waals surface area contributed by atoms with Crippen LogP contribution in [0.3, 0.4) is 0 Å². The molecule has 0 fully saturated rings. The Balaban J connectivity index is 1.62. The Hall–Kier alpha value is -5.50. The lowest BCUT2D eigenvalue weighted by atomic mass is 9.94. The molecule has 4 aromatic rings. The summed E-state index contributed by atoms with van der Waals surface area (Å²) in [6.45, 7) is 1.81. The summed E-state index contributed by atoms with van der Waals surface area (Å²) in [7, 11) is 6.15. The van der Waals surface area contributed by atoms with E-state index in [1.54, 1.807) is 48.2 Å². The molecule has 0 aliphatic carbocycles. The number of para-hydroxylation sites is 2. The van der Waals surface area contributed by atoms with Crippen LogP contribution in [0.25, 0.3) is 11.4 Å². The average Bonchev–Trinajstić information content (AvgIpc) is 3.43. The molecule has 11 nitrogen and oxygen atoms in total. The number of nitriles is 1. The largest absolute Gasteiger partial charge is 0.495 e. The van der Waals surface area contributed by atoms with Crippen LogP contribution < -0.4 is 29.6 Å². The van der Waals surface area contributed by atoms with Gasteiger partial charge in [0.25, 0.3) is 5.91 Å². The van der Waals surface area contributed by atoms with Crippen molar-refractivity contribution in [3.05, 3.63) is 83.1 Å². The molecule has 1 aliphatic heterocycles. The molecular weight excluding hydrogens is 524 g/mol. The van der Waals surface area contributed by atoms with E-state index in [-0.39, 0.29) is 5.91 Å². The number of methoxy groups -OCH3 is 4. The molecule has 208 valence electrons. The van der Waals surface area contributed by atoms with Gasteiger partial charge >= 0.3 is 0 Å². The zero-order chi connectivity index (χ0) is 29.1. The van der Waals surface area contributed by atoms with E-state index < -0.39 is 6.04 Å². The standard InChI is InChI=1S/C30H28N6O5/c1-17-25(29(37)33-21-8-6-7-9-22(21)38-2)26(19-12-10-18(16-31)11-13-19)36-30(32-17)34-28(35-36)20-14-23(39-3)27(41-5)24(15-20)40-4/h6-15,26H,1-5H3,(H,33,37)(H,32,34,35). The summed E-state index contributed by atoms with van der Waals surface area (Å²) in [4.78, 5) is 18.6. The van der Waals surface area contributed by atoms with Gasteiger partial charge in [0.2, 0.25) is 11.7 Å². The number of carbonyl (C=O) groups excluding carboxylic acids is 1. The van der Waals surface area contributed by atoms with Crippen LogP contribution in [0.5, 0.6) is 23.0 Å². The smallest absolute Gasteiger partial charge is 0.255 e. The highest BCUT2D eigenvalue weighted by Crippen LogP contribution is 2.42. The fourth-order valence-corrected chi connectivity index (χ4v) is 4.76. The molecule has 3 aromatic carbocycles. The van der Waals surface area contributed by atoms with Crippen LogP contribution in [-0.4, -0.2) is 49.1 Å². The van der Waals surface area contributed by atoms with Gasteiger partial charge in [-0.05, 0) is 48.9 Å². The predicted molar refractivity (Wildman–Crippen MR) is 152 cm³/mol. The summed E-state index contributed by atoms with van der Waals surface area (Å²) in [6.07, 6.45) is 0. The fourth-order valence-electron chi connectivity index (χ4n) is 4.76. The zero-order valence-corrected chi connectivity index (χ0v) is 23.2. The SMILES string of the molecule is COc1ccccc1NC(=O)C1=C(C)Nc2nc(-c3cc(OC)c(OC)c(OC)c3)nn2C1c1ccc(C#N)cc1. The quantitative estimate of drug-likeness (QED) is 0.317. The van der Waals surface area contributed by atoms with Gasteiger partial charge in [-0.1, -0.05) is 24.3 Å². The molecule has 0 bridgehead atoms. The number of allylic oxidation sites excluding steroid dienone is 1. The Labute approximate surface area is 236 Å². The molecule has 2 heterocycles. The van der Waals surface area contributed by atoms with Gasteiger partial charge in [-0.2, -0.15) is 10.2 Å². The van der Waals surface area contributed by atoms with Crippen LogP contribution in [0.15, 0.2) is 71.9 Å². The fraction of sp³-hybridized carbons (Fsp3) is 0.200. The Kier molecular flexibility index (Phi) is 7.47. The predicted octanol–water partition coefficient (Wildman–Crippen LogP) is 4.78. The van der Waals surface area contributed by atoms with Crippen molar-refractivity contribution < 1.29 is 23.7 Å². The van der Waals surface area contributed by atoms with Crippen molar-refractivity contribution in [3.63, 3.8) is 0 Å². The molecular formula is C30H28N6O5. The first-order chi connectivity index (χ1) is 19.9. The molecule has 0 spiro atoms. The van der Waals surface area contributed by atoms with Crippen LogP contribution in [0.2, 0.25) is 0 Å². The Morgan fingerprint density at radius 3 is 2.22 bits per heavy atom. The number of fused-ring (bicyclic) bond motifs is 1. The van der Waals surface area contributed by atoms with Crippen molar-refractivity contribution >= 4 is 17.5 Å². The average molecular weight is 553 g/mol. The van der Waals surface area contributed by atoms with Crippen molar-refractivity contribution in [3.8, 4) is 40.5 Å². The number of rotatable bonds is 8. The Morgan fingerprint density at radius 2 is 1.61 bits per heavy atom. The van der Waals surface area contributed by atoms with Crippen molar-refractivity contribution in [2.75, 3.05) is 39.1 Å². The van der Waals surface area contributed by atoms with E-state index in [0.29, 0.717) is 62.9 Å². The highest BCUT2D eigenvalue weighted by molar-refractivity contribution is 6.06. The van der Waals surface area contributed by atoms with Gasteiger partial charge in [0, 0.05) is 11.3 Å². The molecule has 41 heavy (non-hydrogen) atoms. The van der Waals surface area contributed by atoms with Crippen LogP contribution in [0.1, 0.15) is 24.1 Å². The molecule has 0 saturated carbocycles. The van der Waals surface area contributed by atoms with Gasteiger partial charge in [0.1, 0.15) is 11.8 Å². The Bertz CT molecular complexity index is 1660. The normalized spacial score (nSPS) is 13.9. The second kappa shape index (κ2) is 11.3. The first-order valence-corrected chi connectivity index (χ1v) is 12.6. The van der Waals surface area contributed by atoms with Crippen molar-refractivity contribution in [1.29, 1.82) is 5.26 Å². The number of hydrogen-bond donors (Lipinski definition) is 2. The summed E-state index contributed by atoms with van der Waals surface area (Å²) in [5, 5.41) is 20.4. The molecule has 1 amide bonds. The van der Waals surface area contributed by atoms with Crippen LogP contribution >= 0.6 is 0 Å². The molecule has 11 heteroatoms. The van der Waals surface area contributed by atoms with Crippen LogP contribution in [-0.2, 0) is 4.79 Å². The lowest BCUT2D eigenvalue weighted by Gasteiger charge is -2.28. The number of anilines is 2. The van der Waals surface area contributed by atoms with E-state index in [0.717, 1.165) is 5.56 Å². The number of nitrogens with one attached hydrogen (secondary N) is 2. The van der Waals surface area contributed by atoms with E-state index in [1.165, 1.54) is 21.3 Å². The second-order valence-corrected chi connectivity index (χ2v) is 9.07. The number of nitrogens with zero attached hydrogens (tertiary/aromatic N) is 4. The van der Waals surface area contributed by atoms with E-state index >= 15 is 0 Å². The van der Waals surface area contributed by atoms with Crippen LogP contribution in [0, 0.1) is 11.3 Å². The minimum Gasteiger partial charge on any atom is -0.495 e. The highest BCUT2D eigenvalue weighted by atomic mass is 16.5. The van der Waals surface area contributed by atoms with E-state index in [9.17, 15) is 10.1 Å². The van der Waals surface area contributed by atoms with Gasteiger partial charge in [0.05, 0.1) is 51.3 Å². The highest BCUT2D eigenvalue weighted by Gasteiger charge is 2.35. The van der Waals surface area contributed by atoms with Gasteiger partial charge in [-0.3, -0.25) is 4.79 Å². The number of carbonyl (C=O) groups is 1. The maximum absolute atomic E-state index is 13.9. The number of amides is 1. The van der Waals surface area contributed by atoms with Gasteiger partial charge in [-0.15, -0.1) is 5.10 Å². The molecule has 1 aromatic heterocycles. The minimum atomic E-state index is -0.656. The number of benzene rings is 3. The van der Waals surface area contributed by atoms with E-state index in [4.69, 9.17) is 29.0 Å². The van der Waals surface area contributed by atoms with E-state index in [1.807, 2.05) is 31.2 Å². The maximum atomic E-state index is 13.9. The first-order valence-electron chi connectivity index (χ1n) is 12.6. The summed E-state index contributed by atoms with van der Waals surface area (Å²) in [6, 6.07) is 19.2. The third-order valence-electron chi connectivity index (χ3n) is 6.73. The summed E-state index contributed by atoms with van der Waals surface area (Å²) in [5.74, 6) is 2.37. The molecule has 1 unspecified atom stereocenters. The third-order valence-corrected chi connectivity index (χ3v) is 6.73. The van der Waals surface area contributed by atoms with E-state index in [2.05, 4.69) is 16.7 Å². The first kappa shape index (κ1) is 27.1. The van der Waals surface area contributed by atoms with Crippen molar-refractivity contribution in [2.24, 2.45) is 0 Å². The topological polar surface area (TPSA) is 133 Å². The lowest BCUT2D eigenvalue weighted by molar-refractivity contribution is -0.113. The molecule has 1 aliphatic rings. The lowest BCUT2D eigenvalue weighted by Crippen LogP contribution is -2.31. The van der Waals surface area contributed by atoms with Crippen LogP contribution in [0.4, 0.5) is 11.6 Å². The number of aromatic nitrogens is 3. The van der Waals surface area contributed by atoms with Gasteiger partial charge < -0.3 is 29.6 Å².